The van der Waals surface area contributed by atoms with Gasteiger partial charge in [0.2, 0.25) is 5.95 Å². The van der Waals surface area contributed by atoms with Gasteiger partial charge in [0, 0.05) is 43.1 Å². The van der Waals surface area contributed by atoms with Crippen LogP contribution in [0.25, 0.3) is 5.52 Å². The van der Waals surface area contributed by atoms with Gasteiger partial charge in [-0.2, -0.15) is 0 Å². The molecule has 0 unspecified atom stereocenters. The molecule has 7 nitrogen and oxygen atoms in total. The molecule has 0 N–H and O–H groups in total. The summed E-state index contributed by atoms with van der Waals surface area (Å²) in [6, 6.07) is 4.16. The van der Waals surface area contributed by atoms with Gasteiger partial charge >= 0.3 is 0 Å². The Morgan fingerprint density at radius 3 is 2.79 bits per heavy atom. The molecule has 0 bridgehead atoms. The maximum Gasteiger partial charge on any atom is 0.214 e. The molecule has 4 aromatic heterocycles. The van der Waals surface area contributed by atoms with Gasteiger partial charge in [0.25, 0.3) is 0 Å². The number of nitrogens with zero attached hydrogens (tertiary/aromatic N) is 7. The molecule has 4 aromatic rings. The van der Waals surface area contributed by atoms with Crippen LogP contribution in [0.4, 0.5) is 17.5 Å². The fourth-order valence-electron chi connectivity index (χ4n) is 5.88. The minimum atomic E-state index is 0.343. The molecule has 7 rings (SSSR count). The van der Waals surface area contributed by atoms with Gasteiger partial charge in [-0.05, 0) is 56.1 Å². The monoisotopic (exact) mass is 477 g/mol. The molecule has 33 heavy (non-hydrogen) atoms. The number of hydrogen-bond donors (Lipinski definition) is 0. The van der Waals surface area contributed by atoms with E-state index in [-0.39, 0.29) is 0 Å². The summed E-state index contributed by atoms with van der Waals surface area (Å²) in [6.45, 7) is 2.96. The Balaban J connectivity index is 1.17. The molecular weight excluding hydrogens is 454 g/mol. The molecule has 1 aliphatic carbocycles. The van der Waals surface area contributed by atoms with E-state index in [2.05, 4.69) is 30.2 Å². The molecule has 0 radical (unpaired) electrons. The summed E-state index contributed by atoms with van der Waals surface area (Å²) >= 11 is 7.79. The van der Waals surface area contributed by atoms with Crippen molar-refractivity contribution < 1.29 is 0 Å². The zero-order chi connectivity index (χ0) is 22.0. The lowest BCUT2D eigenvalue weighted by atomic mass is 9.76. The van der Waals surface area contributed by atoms with E-state index < -0.39 is 0 Å². The maximum atomic E-state index is 6.13. The van der Waals surface area contributed by atoms with Crippen LogP contribution in [-0.4, -0.2) is 44.0 Å². The third kappa shape index (κ3) is 3.14. The lowest BCUT2D eigenvalue weighted by molar-refractivity contribution is 0.232. The van der Waals surface area contributed by atoms with E-state index >= 15 is 0 Å². The van der Waals surface area contributed by atoms with E-state index in [0.717, 1.165) is 86.8 Å². The van der Waals surface area contributed by atoms with E-state index in [0.29, 0.717) is 9.88 Å². The molecule has 2 aliphatic heterocycles. The van der Waals surface area contributed by atoms with Crippen LogP contribution >= 0.6 is 22.9 Å². The summed E-state index contributed by atoms with van der Waals surface area (Å²) in [6.07, 6.45) is 14.4. The van der Waals surface area contributed by atoms with Gasteiger partial charge in [0.15, 0.2) is 10.3 Å². The van der Waals surface area contributed by atoms with Crippen LogP contribution < -0.4 is 9.80 Å². The standard InChI is InChI=1S/C24H24ClN7S/c25-22-29-17-13-24(14-20(17)33-22)5-10-30(11-6-24)21-19-15-28-23(32(19)12-8-27-21)31-9-2-3-16-18(31)4-1-7-26-16/h1,4,7-8,12,15H,2-3,5-6,9-11,13-14H2. The molecule has 1 fully saturated rings. The third-order valence-corrected chi connectivity index (χ3v) is 8.77. The second-order valence-corrected chi connectivity index (χ2v) is 11.1. The van der Waals surface area contributed by atoms with Crippen molar-refractivity contribution in [2.45, 2.75) is 38.5 Å². The largest absolute Gasteiger partial charge is 0.355 e. The predicted molar refractivity (Wildman–Crippen MR) is 131 cm³/mol. The molecule has 0 aromatic carbocycles. The number of aryl methyl sites for hydroxylation is 1. The van der Waals surface area contributed by atoms with E-state index in [1.54, 1.807) is 11.3 Å². The first-order valence-electron chi connectivity index (χ1n) is 11.6. The zero-order valence-corrected chi connectivity index (χ0v) is 19.8. The number of hydrogen-bond acceptors (Lipinski definition) is 7. The van der Waals surface area contributed by atoms with E-state index in [1.165, 1.54) is 10.6 Å². The second-order valence-electron chi connectivity index (χ2n) is 9.47. The highest BCUT2D eigenvalue weighted by Gasteiger charge is 2.42. The maximum absolute atomic E-state index is 6.13. The number of aromatic nitrogens is 5. The molecule has 9 heteroatoms. The number of fused-ring (bicyclic) bond motifs is 3. The van der Waals surface area contributed by atoms with Crippen molar-refractivity contribution in [2.24, 2.45) is 5.41 Å². The molecule has 1 spiro atoms. The Labute approximate surface area is 201 Å². The topological polar surface area (TPSA) is 62.5 Å². The van der Waals surface area contributed by atoms with E-state index in [1.807, 2.05) is 30.9 Å². The molecule has 6 heterocycles. The number of thiazole rings is 1. The Morgan fingerprint density at radius 1 is 1.00 bits per heavy atom. The number of rotatable bonds is 2. The van der Waals surface area contributed by atoms with Crippen LogP contribution in [0.5, 0.6) is 0 Å². The predicted octanol–water partition coefficient (Wildman–Crippen LogP) is 4.70. The van der Waals surface area contributed by atoms with Crippen molar-refractivity contribution in [3.8, 4) is 0 Å². The average molecular weight is 478 g/mol. The molecule has 0 amide bonds. The molecule has 0 atom stereocenters. The van der Waals surface area contributed by atoms with Crippen molar-refractivity contribution >= 4 is 45.9 Å². The lowest BCUT2D eigenvalue weighted by Crippen LogP contribution is -2.41. The number of imidazole rings is 1. The number of pyridine rings is 1. The molecular formula is C24H24ClN7S. The summed E-state index contributed by atoms with van der Waals surface area (Å²) < 4.78 is 2.88. The highest BCUT2D eigenvalue weighted by atomic mass is 35.5. The second kappa shape index (κ2) is 7.40. The van der Waals surface area contributed by atoms with Crippen LogP contribution in [0.15, 0.2) is 36.9 Å². The van der Waals surface area contributed by atoms with Crippen molar-refractivity contribution in [1.82, 2.24) is 24.3 Å². The van der Waals surface area contributed by atoms with Gasteiger partial charge in [-0.1, -0.05) is 11.6 Å². The van der Waals surface area contributed by atoms with Gasteiger partial charge in [-0.15, -0.1) is 11.3 Å². The van der Waals surface area contributed by atoms with Crippen LogP contribution in [-0.2, 0) is 19.3 Å². The van der Waals surface area contributed by atoms with Gasteiger partial charge in [0.1, 0.15) is 5.52 Å². The summed E-state index contributed by atoms with van der Waals surface area (Å²) in [7, 11) is 0. The fraction of sp³-hybridized carbons (Fsp3) is 0.417. The Morgan fingerprint density at radius 2 is 1.91 bits per heavy atom. The van der Waals surface area contributed by atoms with Gasteiger partial charge in [-0.25, -0.2) is 15.0 Å². The van der Waals surface area contributed by atoms with Gasteiger partial charge in [-0.3, -0.25) is 9.38 Å². The quantitative estimate of drug-likeness (QED) is 0.417. The van der Waals surface area contributed by atoms with Crippen LogP contribution in [0, 0.1) is 5.41 Å². The van der Waals surface area contributed by atoms with Crippen molar-refractivity contribution in [2.75, 3.05) is 29.4 Å². The Kier molecular flexibility index (Phi) is 4.42. The third-order valence-electron chi connectivity index (χ3n) is 7.57. The summed E-state index contributed by atoms with van der Waals surface area (Å²) in [5.74, 6) is 1.97. The first-order valence-corrected chi connectivity index (χ1v) is 12.8. The number of halogens is 1. The summed E-state index contributed by atoms with van der Waals surface area (Å²) in [5, 5.41) is 0. The van der Waals surface area contributed by atoms with Gasteiger partial charge < -0.3 is 9.80 Å². The first kappa shape index (κ1) is 19.7. The lowest BCUT2D eigenvalue weighted by Gasteiger charge is -2.40. The van der Waals surface area contributed by atoms with Gasteiger partial charge in [0.05, 0.1) is 23.3 Å². The zero-order valence-electron chi connectivity index (χ0n) is 18.2. The van der Waals surface area contributed by atoms with Crippen molar-refractivity contribution in [3.05, 3.63) is 57.7 Å². The van der Waals surface area contributed by atoms with Crippen LogP contribution in [0.3, 0.4) is 0 Å². The molecule has 0 saturated carbocycles. The average Bonchev–Trinajstić information content (AvgIpc) is 3.50. The normalized spacial score (nSPS) is 19.3. The Hall–Kier alpha value is -2.71. The molecule has 168 valence electrons. The molecule has 1 saturated heterocycles. The van der Waals surface area contributed by atoms with Crippen molar-refractivity contribution in [3.63, 3.8) is 0 Å². The smallest absolute Gasteiger partial charge is 0.214 e. The van der Waals surface area contributed by atoms with E-state index in [4.69, 9.17) is 21.6 Å². The Bertz CT molecular complexity index is 1330. The summed E-state index contributed by atoms with van der Waals surface area (Å²) in [5.41, 5.74) is 4.96. The van der Waals surface area contributed by atoms with Crippen LogP contribution in [0.1, 0.15) is 35.5 Å². The van der Waals surface area contributed by atoms with Crippen LogP contribution in [0.2, 0.25) is 4.47 Å². The SMILES string of the molecule is Clc1nc2c(s1)CC1(CCN(c3nccn4c(N5CCCc6ncccc65)ncc34)CC1)C2. The van der Waals surface area contributed by atoms with E-state index in [9.17, 15) is 0 Å². The number of anilines is 3. The van der Waals surface area contributed by atoms with Crippen molar-refractivity contribution in [1.29, 1.82) is 0 Å². The molecule has 3 aliphatic rings. The highest BCUT2D eigenvalue weighted by Crippen LogP contribution is 2.47. The first-order chi connectivity index (χ1) is 16.2. The minimum Gasteiger partial charge on any atom is -0.355 e. The highest BCUT2D eigenvalue weighted by molar-refractivity contribution is 7.15. The number of piperidine rings is 1. The summed E-state index contributed by atoms with van der Waals surface area (Å²) in [4.78, 5) is 24.9. The minimum absolute atomic E-state index is 0.343. The fourth-order valence-corrected chi connectivity index (χ4v) is 7.23.